The first-order chi connectivity index (χ1) is 11.7. The number of rotatable bonds is 5. The maximum Gasteiger partial charge on any atom is 0.122 e. The van der Waals surface area contributed by atoms with Crippen LogP contribution >= 0.6 is 34.7 Å². The number of nitrogens with zero attached hydrogens (tertiary/aromatic N) is 1. The van der Waals surface area contributed by atoms with E-state index in [0.717, 1.165) is 22.9 Å². The van der Waals surface area contributed by atoms with Crippen molar-refractivity contribution in [2.24, 2.45) is 0 Å². The molecule has 0 N–H and O–H groups in total. The molecule has 4 rings (SSSR count). The average Bonchev–Trinajstić information content (AvgIpc) is 3.14. The van der Waals surface area contributed by atoms with Gasteiger partial charge in [0.1, 0.15) is 12.4 Å². The minimum Gasteiger partial charge on any atom is -0.488 e. The monoisotopic (exact) mass is 379 g/mol. The van der Waals surface area contributed by atoms with Gasteiger partial charge in [0.2, 0.25) is 0 Å². The molecule has 0 saturated carbocycles. The molecule has 2 aliphatic rings. The summed E-state index contributed by atoms with van der Waals surface area (Å²) in [5.41, 5.74) is 0. The lowest BCUT2D eigenvalue weighted by atomic mass is 10.0. The molecular weight excluding hydrogens is 358 g/mol. The molecule has 2 aromatic rings. The van der Waals surface area contributed by atoms with Crippen LogP contribution in [0.2, 0.25) is 5.02 Å². The van der Waals surface area contributed by atoms with Gasteiger partial charge in [-0.15, -0.1) is 23.1 Å². The first-order valence-corrected chi connectivity index (χ1v) is 10.7. The summed E-state index contributed by atoms with van der Waals surface area (Å²) in [7, 11) is 2.29. The minimum atomic E-state index is 0.610. The van der Waals surface area contributed by atoms with Crippen molar-refractivity contribution < 1.29 is 4.74 Å². The number of hydrogen-bond donors (Lipinski definition) is 0. The summed E-state index contributed by atoms with van der Waals surface area (Å²) in [5.74, 6) is 0.848. The Morgan fingerprint density at radius 2 is 2.04 bits per heavy atom. The van der Waals surface area contributed by atoms with Crippen LogP contribution in [0.4, 0.5) is 0 Å². The zero-order valence-corrected chi connectivity index (χ0v) is 16.2. The van der Waals surface area contributed by atoms with E-state index in [1.165, 1.54) is 35.5 Å². The molecule has 3 heterocycles. The Bertz CT molecular complexity index is 677. The fourth-order valence-electron chi connectivity index (χ4n) is 3.85. The third-order valence-electron chi connectivity index (χ3n) is 5.21. The van der Waals surface area contributed by atoms with Crippen LogP contribution in [0.15, 0.2) is 40.6 Å². The standard InChI is InChI=1S/C19H22ClNOS2/c1-21-13-4-5-14(21)10-17(9-13)24-19-7-6-15(11-18(19)20)22-12-16-3-2-8-23-16/h2-3,6-8,11,13-14,17H,4-5,9-10,12H2,1H3. The molecule has 2 aliphatic heterocycles. The normalized spacial score (nSPS) is 26.7. The van der Waals surface area contributed by atoms with Crippen LogP contribution in [0, 0.1) is 0 Å². The number of hydrogen-bond acceptors (Lipinski definition) is 4. The smallest absolute Gasteiger partial charge is 0.122 e. The summed E-state index contributed by atoms with van der Waals surface area (Å²) in [6.07, 6.45) is 5.29. The van der Waals surface area contributed by atoms with Gasteiger partial charge >= 0.3 is 0 Å². The van der Waals surface area contributed by atoms with E-state index < -0.39 is 0 Å². The molecule has 0 radical (unpaired) electrons. The van der Waals surface area contributed by atoms with Crippen LogP contribution in [0.25, 0.3) is 0 Å². The average molecular weight is 380 g/mol. The van der Waals surface area contributed by atoms with Crippen molar-refractivity contribution in [1.82, 2.24) is 4.90 Å². The molecule has 2 saturated heterocycles. The molecule has 2 nitrogen and oxygen atoms in total. The Morgan fingerprint density at radius 1 is 1.25 bits per heavy atom. The summed E-state index contributed by atoms with van der Waals surface area (Å²) in [4.78, 5) is 5.00. The van der Waals surface area contributed by atoms with Gasteiger partial charge in [-0.3, -0.25) is 0 Å². The lowest BCUT2D eigenvalue weighted by molar-refractivity contribution is 0.183. The van der Waals surface area contributed by atoms with Crippen LogP contribution < -0.4 is 4.74 Å². The van der Waals surface area contributed by atoms with E-state index in [1.54, 1.807) is 11.3 Å². The molecule has 128 valence electrons. The van der Waals surface area contributed by atoms with Crippen molar-refractivity contribution in [3.8, 4) is 5.75 Å². The van der Waals surface area contributed by atoms with Crippen molar-refractivity contribution in [1.29, 1.82) is 0 Å². The minimum absolute atomic E-state index is 0.610. The van der Waals surface area contributed by atoms with Crippen LogP contribution in [0.1, 0.15) is 30.6 Å². The summed E-state index contributed by atoms with van der Waals surface area (Å²) in [6.45, 7) is 0.610. The molecule has 24 heavy (non-hydrogen) atoms. The van der Waals surface area contributed by atoms with Crippen LogP contribution in [0.5, 0.6) is 5.75 Å². The molecule has 5 heteroatoms. The van der Waals surface area contributed by atoms with Gasteiger partial charge in [-0.2, -0.15) is 0 Å². The number of thioether (sulfide) groups is 1. The fraction of sp³-hybridized carbons (Fsp3) is 0.474. The van der Waals surface area contributed by atoms with Crippen molar-refractivity contribution in [2.45, 2.75) is 54.5 Å². The fourth-order valence-corrected chi connectivity index (χ4v) is 6.09. The third kappa shape index (κ3) is 3.62. The first kappa shape index (κ1) is 16.8. The molecule has 2 bridgehead atoms. The van der Waals surface area contributed by atoms with E-state index in [1.807, 2.05) is 30.0 Å². The van der Waals surface area contributed by atoms with Crippen molar-refractivity contribution in [3.63, 3.8) is 0 Å². The Labute approximate surface area is 157 Å². The van der Waals surface area contributed by atoms with Gasteiger partial charge in [-0.05, 0) is 62.4 Å². The summed E-state index contributed by atoms with van der Waals surface area (Å²) >= 11 is 10.2. The summed E-state index contributed by atoms with van der Waals surface area (Å²) in [6, 6.07) is 11.8. The number of benzene rings is 1. The predicted molar refractivity (Wildman–Crippen MR) is 104 cm³/mol. The summed E-state index contributed by atoms with van der Waals surface area (Å²) in [5, 5.41) is 3.57. The molecule has 1 aromatic heterocycles. The maximum atomic E-state index is 6.52. The van der Waals surface area contributed by atoms with Crippen molar-refractivity contribution in [2.75, 3.05) is 7.05 Å². The maximum absolute atomic E-state index is 6.52. The SMILES string of the molecule is CN1C2CCC1CC(Sc1ccc(OCc3cccs3)cc1Cl)C2. The van der Waals surface area contributed by atoms with Gasteiger partial charge in [0.25, 0.3) is 0 Å². The number of piperidine rings is 1. The number of thiophene rings is 1. The Morgan fingerprint density at radius 3 is 2.71 bits per heavy atom. The Balaban J connectivity index is 1.37. The van der Waals surface area contributed by atoms with Crippen molar-refractivity contribution >= 4 is 34.7 Å². The number of fused-ring (bicyclic) bond motifs is 2. The first-order valence-electron chi connectivity index (χ1n) is 8.52. The Kier molecular flexibility index (Phi) is 5.09. The van der Waals surface area contributed by atoms with Gasteiger partial charge in [0, 0.05) is 27.1 Å². The van der Waals surface area contributed by atoms with Gasteiger partial charge in [0.15, 0.2) is 0 Å². The quantitative estimate of drug-likeness (QED) is 0.661. The molecule has 2 unspecified atom stereocenters. The van der Waals surface area contributed by atoms with Gasteiger partial charge < -0.3 is 9.64 Å². The molecule has 0 spiro atoms. The number of ether oxygens (including phenoxy) is 1. The molecule has 2 atom stereocenters. The zero-order valence-electron chi connectivity index (χ0n) is 13.8. The highest BCUT2D eigenvalue weighted by Crippen LogP contribution is 2.43. The van der Waals surface area contributed by atoms with Gasteiger partial charge in [-0.1, -0.05) is 17.7 Å². The highest BCUT2D eigenvalue weighted by molar-refractivity contribution is 8.00. The summed E-state index contributed by atoms with van der Waals surface area (Å²) < 4.78 is 5.84. The van der Waals surface area contributed by atoms with Gasteiger partial charge in [0.05, 0.1) is 5.02 Å². The second-order valence-electron chi connectivity index (χ2n) is 6.72. The van der Waals surface area contributed by atoms with E-state index in [2.05, 4.69) is 29.5 Å². The highest BCUT2D eigenvalue weighted by Gasteiger charge is 2.38. The lowest BCUT2D eigenvalue weighted by Gasteiger charge is -2.36. The molecular formula is C19H22ClNOS2. The third-order valence-corrected chi connectivity index (χ3v) is 7.82. The molecule has 1 aromatic carbocycles. The predicted octanol–water partition coefficient (Wildman–Crippen LogP) is 5.70. The Hall–Kier alpha value is -0.680. The second kappa shape index (κ2) is 7.28. The van der Waals surface area contributed by atoms with E-state index in [-0.39, 0.29) is 0 Å². The van der Waals surface area contributed by atoms with E-state index in [4.69, 9.17) is 16.3 Å². The van der Waals surface area contributed by atoms with Crippen LogP contribution in [-0.2, 0) is 6.61 Å². The molecule has 2 fully saturated rings. The molecule has 0 amide bonds. The van der Waals surface area contributed by atoms with E-state index in [9.17, 15) is 0 Å². The largest absolute Gasteiger partial charge is 0.488 e. The molecule has 0 aliphatic carbocycles. The van der Waals surface area contributed by atoms with E-state index >= 15 is 0 Å². The van der Waals surface area contributed by atoms with Gasteiger partial charge in [-0.25, -0.2) is 0 Å². The van der Waals surface area contributed by atoms with Crippen LogP contribution in [-0.4, -0.2) is 29.3 Å². The second-order valence-corrected chi connectivity index (χ2v) is 9.50. The van der Waals surface area contributed by atoms with E-state index in [0.29, 0.717) is 11.9 Å². The highest BCUT2D eigenvalue weighted by atomic mass is 35.5. The lowest BCUT2D eigenvalue weighted by Crippen LogP contribution is -2.40. The topological polar surface area (TPSA) is 12.5 Å². The number of halogens is 1. The van der Waals surface area contributed by atoms with Crippen molar-refractivity contribution in [3.05, 3.63) is 45.6 Å². The van der Waals surface area contributed by atoms with Crippen LogP contribution in [0.3, 0.4) is 0 Å². The zero-order chi connectivity index (χ0) is 16.5.